The van der Waals surface area contributed by atoms with Crippen molar-refractivity contribution < 1.29 is 14.5 Å². The molecule has 2 amide bonds. The maximum Gasteiger partial charge on any atom is 0.289 e. The maximum atomic E-state index is 12.4. The smallest absolute Gasteiger partial charge is 0.289 e. The summed E-state index contributed by atoms with van der Waals surface area (Å²) in [6, 6.07) is 13.1. The molecule has 3 rings (SSSR count). The zero-order valence-electron chi connectivity index (χ0n) is 13.0. The molecule has 0 aromatic heterocycles. The van der Waals surface area contributed by atoms with Gasteiger partial charge >= 0.3 is 0 Å². The van der Waals surface area contributed by atoms with E-state index >= 15 is 0 Å². The first-order valence-corrected chi connectivity index (χ1v) is 7.93. The number of nitro groups is 1. The largest absolute Gasteiger partial charge is 0.326 e. The lowest BCUT2D eigenvalue weighted by molar-refractivity contribution is -0.384. The van der Waals surface area contributed by atoms with Gasteiger partial charge in [0.25, 0.3) is 5.69 Å². The summed E-state index contributed by atoms with van der Waals surface area (Å²) in [6.07, 6.45) is 0.0937. The molecule has 1 N–H and O–H groups in total. The van der Waals surface area contributed by atoms with E-state index < -0.39 is 10.8 Å². The van der Waals surface area contributed by atoms with Crippen molar-refractivity contribution in [3.05, 3.63) is 63.7 Å². The summed E-state index contributed by atoms with van der Waals surface area (Å²) in [7, 11) is 0. The van der Waals surface area contributed by atoms with E-state index in [0.29, 0.717) is 0 Å². The van der Waals surface area contributed by atoms with Gasteiger partial charge in [-0.05, 0) is 24.3 Å². The van der Waals surface area contributed by atoms with Gasteiger partial charge in [0.05, 0.1) is 10.8 Å². The second-order valence-electron chi connectivity index (χ2n) is 5.65. The number of halogens is 1. The standard InChI is InChI=1S/C17H14ClN3O4/c18-14-7-6-12(9-15(14)21(24)25)19-17(23)11-8-16(22)20(10-11)13-4-2-1-3-5-13/h1-7,9,11H,8,10H2,(H,19,23)/t11-/m1/s1. The van der Waals surface area contributed by atoms with E-state index in [2.05, 4.69) is 5.32 Å². The van der Waals surface area contributed by atoms with Crippen molar-refractivity contribution in [2.45, 2.75) is 6.42 Å². The number of nitrogens with one attached hydrogen (secondary N) is 1. The average Bonchev–Trinajstić information content (AvgIpc) is 2.99. The van der Waals surface area contributed by atoms with Crippen LogP contribution < -0.4 is 10.2 Å². The third-order valence-electron chi connectivity index (χ3n) is 3.97. The molecular weight excluding hydrogens is 346 g/mol. The first-order chi connectivity index (χ1) is 12.0. The van der Waals surface area contributed by atoms with Crippen molar-refractivity contribution in [3.63, 3.8) is 0 Å². The van der Waals surface area contributed by atoms with Gasteiger partial charge in [-0.15, -0.1) is 0 Å². The quantitative estimate of drug-likeness (QED) is 0.670. The molecule has 8 heteroatoms. The number of carbonyl (C=O) groups excluding carboxylic acids is 2. The van der Waals surface area contributed by atoms with Crippen LogP contribution >= 0.6 is 11.6 Å². The summed E-state index contributed by atoms with van der Waals surface area (Å²) in [5.41, 5.74) is 0.726. The van der Waals surface area contributed by atoms with E-state index in [-0.39, 0.29) is 41.2 Å². The molecule has 128 valence electrons. The topological polar surface area (TPSA) is 92.5 Å². The van der Waals surface area contributed by atoms with Gasteiger partial charge in [0.15, 0.2) is 0 Å². The third-order valence-corrected chi connectivity index (χ3v) is 4.29. The van der Waals surface area contributed by atoms with Crippen molar-refractivity contribution in [1.29, 1.82) is 0 Å². The predicted molar refractivity (Wildman–Crippen MR) is 93.6 cm³/mol. The molecular formula is C17H14ClN3O4. The Balaban J connectivity index is 1.71. The first kappa shape index (κ1) is 16.9. The van der Waals surface area contributed by atoms with Crippen LogP contribution in [0.5, 0.6) is 0 Å². The Hall–Kier alpha value is -2.93. The van der Waals surface area contributed by atoms with E-state index in [1.807, 2.05) is 18.2 Å². The van der Waals surface area contributed by atoms with E-state index in [0.717, 1.165) is 5.69 Å². The Kier molecular flexibility index (Phi) is 4.67. The molecule has 0 unspecified atom stereocenters. The number of amides is 2. The maximum absolute atomic E-state index is 12.4. The van der Waals surface area contributed by atoms with Crippen LogP contribution in [0.25, 0.3) is 0 Å². The fourth-order valence-electron chi connectivity index (χ4n) is 2.72. The summed E-state index contributed by atoms with van der Waals surface area (Å²) in [5, 5.41) is 13.5. The Morgan fingerprint density at radius 3 is 2.64 bits per heavy atom. The van der Waals surface area contributed by atoms with Crippen LogP contribution in [0.4, 0.5) is 17.1 Å². The van der Waals surface area contributed by atoms with Crippen LogP contribution in [0.15, 0.2) is 48.5 Å². The van der Waals surface area contributed by atoms with Gasteiger partial charge in [0, 0.05) is 30.4 Å². The molecule has 2 aromatic rings. The van der Waals surface area contributed by atoms with Gasteiger partial charge in [0.2, 0.25) is 11.8 Å². The Bertz CT molecular complexity index is 841. The minimum atomic E-state index is -0.617. The Labute approximate surface area is 148 Å². The summed E-state index contributed by atoms with van der Waals surface area (Å²) >= 11 is 5.76. The lowest BCUT2D eigenvalue weighted by atomic mass is 10.1. The number of nitrogens with zero attached hydrogens (tertiary/aromatic N) is 2. The second kappa shape index (κ2) is 6.90. The SMILES string of the molecule is O=C(Nc1ccc(Cl)c([N+](=O)[O-])c1)[C@@H]1CC(=O)N(c2ccccc2)C1. The number of rotatable bonds is 4. The molecule has 1 fully saturated rings. The molecule has 2 aromatic carbocycles. The molecule has 7 nitrogen and oxygen atoms in total. The fourth-order valence-corrected chi connectivity index (χ4v) is 2.90. The predicted octanol–water partition coefficient (Wildman–Crippen LogP) is 3.24. The average molecular weight is 360 g/mol. The van der Waals surface area contributed by atoms with E-state index in [4.69, 9.17) is 11.6 Å². The molecule has 25 heavy (non-hydrogen) atoms. The molecule has 0 saturated carbocycles. The number of hydrogen-bond acceptors (Lipinski definition) is 4. The fraction of sp³-hybridized carbons (Fsp3) is 0.176. The first-order valence-electron chi connectivity index (χ1n) is 7.56. The zero-order chi connectivity index (χ0) is 18.0. The summed E-state index contributed by atoms with van der Waals surface area (Å²) in [4.78, 5) is 36.4. The van der Waals surface area contributed by atoms with Crippen LogP contribution in [0.1, 0.15) is 6.42 Å². The van der Waals surface area contributed by atoms with Crippen molar-refractivity contribution in [3.8, 4) is 0 Å². The molecule has 0 aliphatic carbocycles. The van der Waals surface area contributed by atoms with Gasteiger partial charge < -0.3 is 10.2 Å². The number of anilines is 2. The van der Waals surface area contributed by atoms with Gasteiger partial charge in [0.1, 0.15) is 5.02 Å². The molecule has 1 atom stereocenters. The highest BCUT2D eigenvalue weighted by atomic mass is 35.5. The third kappa shape index (κ3) is 3.61. The number of nitro benzene ring substituents is 1. The Morgan fingerprint density at radius 2 is 1.96 bits per heavy atom. The molecule has 0 radical (unpaired) electrons. The number of carbonyl (C=O) groups is 2. The highest BCUT2D eigenvalue weighted by Gasteiger charge is 2.35. The van der Waals surface area contributed by atoms with Gasteiger partial charge in [-0.1, -0.05) is 29.8 Å². The normalized spacial score (nSPS) is 16.8. The minimum absolute atomic E-state index is 0.00528. The number of benzene rings is 2. The van der Waals surface area contributed by atoms with Gasteiger partial charge in [-0.2, -0.15) is 0 Å². The lowest BCUT2D eigenvalue weighted by Gasteiger charge is -2.16. The molecule has 0 spiro atoms. The highest BCUT2D eigenvalue weighted by Crippen LogP contribution is 2.29. The lowest BCUT2D eigenvalue weighted by Crippen LogP contribution is -2.28. The number of hydrogen-bond donors (Lipinski definition) is 1. The van der Waals surface area contributed by atoms with Gasteiger partial charge in [-0.3, -0.25) is 19.7 Å². The van der Waals surface area contributed by atoms with Crippen molar-refractivity contribution in [1.82, 2.24) is 0 Å². The molecule has 0 bridgehead atoms. The van der Waals surface area contributed by atoms with Crippen molar-refractivity contribution in [2.24, 2.45) is 5.92 Å². The van der Waals surface area contributed by atoms with Gasteiger partial charge in [-0.25, -0.2) is 0 Å². The van der Waals surface area contributed by atoms with Crippen LogP contribution in [0, 0.1) is 16.0 Å². The van der Waals surface area contributed by atoms with E-state index in [9.17, 15) is 19.7 Å². The van der Waals surface area contributed by atoms with Crippen LogP contribution in [-0.2, 0) is 9.59 Å². The van der Waals surface area contributed by atoms with E-state index in [1.54, 1.807) is 17.0 Å². The number of para-hydroxylation sites is 1. The monoisotopic (exact) mass is 359 g/mol. The van der Waals surface area contributed by atoms with Crippen LogP contribution in [-0.4, -0.2) is 23.3 Å². The highest BCUT2D eigenvalue weighted by molar-refractivity contribution is 6.32. The minimum Gasteiger partial charge on any atom is -0.326 e. The van der Waals surface area contributed by atoms with Crippen LogP contribution in [0.3, 0.4) is 0 Å². The summed E-state index contributed by atoms with van der Waals surface area (Å²) < 4.78 is 0. The van der Waals surface area contributed by atoms with E-state index in [1.165, 1.54) is 18.2 Å². The summed E-state index contributed by atoms with van der Waals surface area (Å²) in [5.74, 6) is -1.01. The molecule has 1 aliphatic heterocycles. The van der Waals surface area contributed by atoms with Crippen molar-refractivity contribution in [2.75, 3.05) is 16.8 Å². The summed E-state index contributed by atoms with van der Waals surface area (Å²) in [6.45, 7) is 0.268. The molecule has 1 aliphatic rings. The Morgan fingerprint density at radius 1 is 1.24 bits per heavy atom. The zero-order valence-corrected chi connectivity index (χ0v) is 13.8. The van der Waals surface area contributed by atoms with Crippen molar-refractivity contribution >= 4 is 40.5 Å². The second-order valence-corrected chi connectivity index (χ2v) is 6.06. The molecule has 1 heterocycles. The van der Waals surface area contributed by atoms with Crippen LogP contribution in [0.2, 0.25) is 5.02 Å². The molecule has 1 saturated heterocycles.